The van der Waals surface area contributed by atoms with Crippen molar-refractivity contribution in [2.75, 3.05) is 13.1 Å². The maximum absolute atomic E-state index is 16.2. The van der Waals surface area contributed by atoms with E-state index in [4.69, 9.17) is 42.1 Å². The molecule has 102 heavy (non-hydrogen) atoms. The van der Waals surface area contributed by atoms with Gasteiger partial charge in [-0.25, -0.2) is 41.9 Å². The van der Waals surface area contributed by atoms with Gasteiger partial charge in [-0.15, -0.1) is 0 Å². The number of ether oxygens (including phenoxy) is 4. The maximum atomic E-state index is 16.2. The van der Waals surface area contributed by atoms with Crippen LogP contribution in [0.1, 0.15) is 189 Å². The number of amides is 3. The number of rotatable bonds is 8. The van der Waals surface area contributed by atoms with Crippen LogP contribution in [0.15, 0.2) is 36.4 Å². The first kappa shape index (κ1) is 76.4. The lowest BCUT2D eigenvalue weighted by molar-refractivity contribution is -0.157. The maximum Gasteiger partial charge on any atom is 0.326 e. The van der Waals surface area contributed by atoms with E-state index in [1.54, 1.807) is 33.8 Å². The van der Waals surface area contributed by atoms with Crippen molar-refractivity contribution in [2.24, 2.45) is 57.7 Å². The van der Waals surface area contributed by atoms with Crippen LogP contribution in [0.2, 0.25) is 10.0 Å². The molecule has 2 saturated heterocycles. The van der Waals surface area contributed by atoms with Gasteiger partial charge in [-0.2, -0.15) is 17.6 Å². The van der Waals surface area contributed by atoms with Crippen molar-refractivity contribution < 1.29 is 92.4 Å². The highest BCUT2D eigenvalue weighted by Crippen LogP contribution is 2.60. The van der Waals surface area contributed by atoms with Gasteiger partial charge in [0.1, 0.15) is 30.5 Å². The minimum Gasteiger partial charge on any atom is -0.480 e. The van der Waals surface area contributed by atoms with Gasteiger partial charge in [0.25, 0.3) is 11.8 Å². The van der Waals surface area contributed by atoms with E-state index in [1.807, 2.05) is 25.5 Å². The molecule has 0 unspecified atom stereocenters. The molecule has 30 heteroatoms. The third-order valence-corrected chi connectivity index (χ3v) is 24.8. The first-order valence-electron chi connectivity index (χ1n) is 35.3. The second-order valence-corrected chi connectivity index (χ2v) is 35.1. The van der Waals surface area contributed by atoms with Gasteiger partial charge >= 0.3 is 17.9 Å². The van der Waals surface area contributed by atoms with Crippen LogP contribution < -0.4 is 14.2 Å². The van der Waals surface area contributed by atoms with Crippen molar-refractivity contribution in [3.8, 4) is 11.8 Å². The Labute approximate surface area is 598 Å². The number of fused-ring (bicyclic) bond motifs is 10. The van der Waals surface area contributed by atoms with Crippen LogP contribution in [0, 0.1) is 57.7 Å². The molecule has 0 spiro atoms. The van der Waals surface area contributed by atoms with Gasteiger partial charge in [0, 0.05) is 47.1 Å². The summed E-state index contributed by atoms with van der Waals surface area (Å²) in [7, 11) is -4.26. The Morgan fingerprint density at radius 3 is 1.46 bits per heavy atom. The number of hydrogen-bond donors (Lipinski definition) is 2. The van der Waals surface area contributed by atoms with Crippen molar-refractivity contribution >= 4 is 96.7 Å². The van der Waals surface area contributed by atoms with Crippen LogP contribution in [0.3, 0.4) is 0 Å². The molecule has 21 nitrogen and oxygen atoms in total. The molecular formula is C72H89Cl2F6N7O14S. The molecule has 2 aromatic carbocycles. The number of carbonyl (C=O) groups excluding carboxylic acids is 6. The standard InChI is InChI=1S/C41H51ClF4N4O8S.C31H38ClF2N3O6/c1-21-30-20-50(32(21)28(51)19-40(18-25(40)34(43)44)37(54)49-59(55,56)39(5)13-14-39)36(53)24(38(2,3)4)17-31(52)57-29-15-22(29)9-7-6-8-12-41(45,46)33-35(58-30)48-27-16-23(42)10-11-26(27)47-33;1-16-23-15-37(25(16)29(40)41)28(39)19(30(2,3)4)14-24(38)42-22-12-17(22)8-6-5-7-11-31(33,34)26-27(43-23)36-21-13-18(32)9-10-20(21)35-26/h10-11,16,21-22,24-25,29-30,32,34H,6-9,12-15,17-20H2,1-5H3,(H,49,54);9-10,13,16-17,19,22-23,25H,5-8,11-12,14-15H2,1-4H3,(H,40,41)/t21-,22-,24-,25+,29-,30+,32+,40-;16-,17-,19-,22-,23+,25+/m11/s1. The first-order chi connectivity index (χ1) is 47.6. The molecule has 8 aliphatic rings. The zero-order valence-electron chi connectivity index (χ0n) is 58.6. The Bertz CT molecular complexity index is 4070. The zero-order chi connectivity index (χ0) is 74.3. The number of nitrogens with one attached hydrogen (secondary N) is 1. The molecule has 4 aliphatic carbocycles. The summed E-state index contributed by atoms with van der Waals surface area (Å²) in [5.74, 6) is -18.6. The van der Waals surface area contributed by atoms with Crippen LogP contribution in [0.5, 0.6) is 11.8 Å². The first-order valence-corrected chi connectivity index (χ1v) is 37.5. The lowest BCUT2D eigenvalue weighted by Crippen LogP contribution is -2.50. The van der Waals surface area contributed by atoms with E-state index < -0.39 is 193 Å². The molecule has 4 bridgehead atoms. The van der Waals surface area contributed by atoms with Crippen molar-refractivity contribution in [2.45, 2.75) is 237 Å². The summed E-state index contributed by atoms with van der Waals surface area (Å²) in [6, 6.07) is 6.16. The number of hydrogen-bond acceptors (Lipinski definition) is 17. The van der Waals surface area contributed by atoms with Crippen molar-refractivity contribution in [1.29, 1.82) is 0 Å². The van der Waals surface area contributed by atoms with Gasteiger partial charge in [0.15, 0.2) is 17.2 Å². The molecule has 4 aromatic rings. The topological polar surface area (TPSA) is 281 Å². The molecule has 6 fully saturated rings. The summed E-state index contributed by atoms with van der Waals surface area (Å²) in [4.78, 5) is 116. The minimum atomic E-state index is -4.26. The van der Waals surface area contributed by atoms with E-state index >= 15 is 17.6 Å². The zero-order valence-corrected chi connectivity index (χ0v) is 60.9. The number of ketones is 1. The van der Waals surface area contributed by atoms with Crippen molar-refractivity contribution in [1.82, 2.24) is 34.5 Å². The molecule has 4 saturated carbocycles. The molecule has 2 aromatic heterocycles. The molecule has 0 radical (unpaired) electrons. The third-order valence-electron chi connectivity index (χ3n) is 22.2. The average Bonchev–Trinajstić information content (AvgIpc) is 1.56. The Balaban J connectivity index is 0.000000215. The number of carboxylic acid groups (broad SMARTS) is 1. The largest absolute Gasteiger partial charge is 0.480 e. The van der Waals surface area contributed by atoms with E-state index in [9.17, 15) is 55.9 Å². The van der Waals surface area contributed by atoms with Crippen LogP contribution >= 0.6 is 23.2 Å². The van der Waals surface area contributed by atoms with Crippen LogP contribution in [0.4, 0.5) is 26.3 Å². The smallest absolute Gasteiger partial charge is 0.326 e. The summed E-state index contributed by atoms with van der Waals surface area (Å²) < 4.78 is 143. The number of sulfonamides is 1. The Kier molecular flexibility index (Phi) is 21.5. The minimum absolute atomic E-state index is 0.0665. The number of aliphatic carboxylic acids is 1. The Hall–Kier alpha value is -6.68. The third kappa shape index (κ3) is 16.4. The molecule has 12 rings (SSSR count). The van der Waals surface area contributed by atoms with E-state index in [0.29, 0.717) is 50.0 Å². The fourth-order valence-electron chi connectivity index (χ4n) is 15.0. The monoisotopic (exact) mass is 1490 g/mol. The molecule has 6 heterocycles. The summed E-state index contributed by atoms with van der Waals surface area (Å²) in [6.45, 7) is 14.7. The molecule has 558 valence electrons. The average molecular weight is 1490 g/mol. The van der Waals surface area contributed by atoms with Crippen LogP contribution in [-0.4, -0.2) is 145 Å². The van der Waals surface area contributed by atoms with Crippen molar-refractivity contribution in [3.63, 3.8) is 0 Å². The number of nitrogens with zero attached hydrogens (tertiary/aromatic N) is 6. The molecule has 3 amide bonds. The van der Waals surface area contributed by atoms with E-state index in [1.165, 1.54) is 54.0 Å². The van der Waals surface area contributed by atoms with Crippen LogP contribution in [-0.2, 0) is 64.9 Å². The lowest BCUT2D eigenvalue weighted by Gasteiger charge is -2.35. The molecule has 14 atom stereocenters. The second-order valence-electron chi connectivity index (χ2n) is 32.0. The predicted molar refractivity (Wildman–Crippen MR) is 361 cm³/mol. The number of Topliss-reactive ketones (excluding diaryl/α,β-unsaturated/α-hetero) is 1. The molecule has 2 N–H and O–H groups in total. The number of alkyl halides is 6. The number of esters is 2. The number of aromatic nitrogens is 4. The summed E-state index contributed by atoms with van der Waals surface area (Å²) in [6.07, 6.45) is -2.68. The predicted octanol–water partition coefficient (Wildman–Crippen LogP) is 13.1. The Morgan fingerprint density at radius 2 is 1.06 bits per heavy atom. The normalized spacial score (nSPS) is 31.3. The number of carboxylic acids is 1. The van der Waals surface area contributed by atoms with E-state index in [0.717, 1.165) is 6.42 Å². The number of halogens is 8. The summed E-state index contributed by atoms with van der Waals surface area (Å²) >= 11 is 12.4. The van der Waals surface area contributed by atoms with Gasteiger partial charge in [-0.3, -0.25) is 33.5 Å². The summed E-state index contributed by atoms with van der Waals surface area (Å²) in [5, 5.41) is 10.8. The lowest BCUT2D eigenvalue weighted by atomic mass is 9.77. The SMILES string of the molecule is C[C@@H]1[C@@H]2CN(C(=O)[C@H](C(C)(C)C)CC(=O)O[C@@H]3C[C@H]3CCCCCC(F)(F)c3nc4ccc(Cl)cc4nc3O2)[C@@H]1C(=O)C[C@]1(C(=O)NS(=O)(=O)C2(C)CC2)C[C@H]1C(F)F.C[C@@H]1[C@@H]2CN(C(=O)[C@H](C(C)(C)C)CC(=O)O[C@@H]3C[C@H]3CCCCCC(F)(F)c3nc4ccc(Cl)cc4nc3O2)[C@@H]1C(=O)O. The molecular weight excluding hydrogens is 1400 g/mol. The summed E-state index contributed by atoms with van der Waals surface area (Å²) in [5.41, 5.74) is -4.27. The fraction of sp³-hybridized carbons (Fsp3) is 0.681. The van der Waals surface area contributed by atoms with E-state index in [2.05, 4.69) is 19.9 Å². The fourth-order valence-corrected chi connectivity index (χ4v) is 16.7. The Morgan fingerprint density at radius 1 is 0.627 bits per heavy atom. The van der Waals surface area contributed by atoms with Gasteiger partial charge in [-0.05, 0) is 124 Å². The second kappa shape index (κ2) is 28.7. The van der Waals surface area contributed by atoms with Gasteiger partial charge in [0.05, 0.1) is 76.0 Å². The quantitative estimate of drug-likeness (QED) is 0.122. The van der Waals surface area contributed by atoms with Gasteiger partial charge in [0.2, 0.25) is 45.9 Å². The number of benzene rings is 2. The van der Waals surface area contributed by atoms with Crippen LogP contribution in [0.25, 0.3) is 22.1 Å². The highest BCUT2D eigenvalue weighted by atomic mass is 35.5. The molecule has 4 aliphatic heterocycles. The van der Waals surface area contributed by atoms with Crippen molar-refractivity contribution in [3.05, 3.63) is 57.8 Å². The van der Waals surface area contributed by atoms with Gasteiger partial charge in [-0.1, -0.05) is 104 Å². The highest BCUT2D eigenvalue weighted by molar-refractivity contribution is 7.91. The highest BCUT2D eigenvalue weighted by Gasteiger charge is 2.67. The van der Waals surface area contributed by atoms with E-state index in [-0.39, 0.29) is 103 Å². The van der Waals surface area contributed by atoms with Gasteiger partial charge < -0.3 is 33.9 Å². The number of carbonyl (C=O) groups is 7.